The Morgan fingerprint density at radius 3 is 2.05 bits per heavy atom. The van der Waals surface area contributed by atoms with Crippen molar-refractivity contribution < 1.29 is 54.2 Å². The molecule has 0 aromatic heterocycles. The number of carbonyl (C=O) groups excluding carboxylic acids is 2. The number of benzene rings is 2. The van der Waals surface area contributed by atoms with Crippen molar-refractivity contribution in [3.05, 3.63) is 59.2 Å². The number of nitrogens with one attached hydrogen (secondary N) is 1. The van der Waals surface area contributed by atoms with Gasteiger partial charge in [0.25, 0.3) is 11.5 Å². The van der Waals surface area contributed by atoms with Gasteiger partial charge < -0.3 is 15.2 Å². The van der Waals surface area contributed by atoms with E-state index in [9.17, 15) is 49.5 Å². The zero-order valence-electron chi connectivity index (χ0n) is 23.6. The topological polar surface area (TPSA) is 113 Å². The fourth-order valence-electron chi connectivity index (χ4n) is 4.79. The molecule has 0 spiro atoms. The number of carbonyl (C=O) groups is 2. The average molecular weight is 637 g/mol. The Kier molecular flexibility index (Phi) is 7.87. The lowest BCUT2D eigenvalue weighted by Gasteiger charge is -2.32. The Morgan fingerprint density at radius 1 is 1.00 bits per heavy atom. The van der Waals surface area contributed by atoms with Crippen LogP contribution < -0.4 is 5.32 Å². The Bertz CT molecular complexity index is 1510. The highest BCUT2D eigenvalue weighted by Gasteiger charge is 2.71. The summed E-state index contributed by atoms with van der Waals surface area (Å²) in [5.41, 5.74) is -7.55. The number of fused-ring (bicyclic) bond motifs is 1. The number of aliphatic hydroxyl groups is 1. The molecule has 0 saturated heterocycles. The molecule has 4 rings (SSSR count). The molecule has 1 fully saturated rings. The van der Waals surface area contributed by atoms with Gasteiger partial charge in [-0.2, -0.15) is 26.3 Å². The van der Waals surface area contributed by atoms with Gasteiger partial charge in [-0.1, -0.05) is 25.1 Å². The van der Waals surface area contributed by atoms with E-state index in [0.29, 0.717) is 17.7 Å². The predicted octanol–water partition coefficient (Wildman–Crippen LogP) is 6.00. The smallest absolute Gasteiger partial charge is 0.430 e. The lowest BCUT2D eigenvalue weighted by atomic mass is 9.92. The van der Waals surface area contributed by atoms with Gasteiger partial charge in [-0.3, -0.25) is 9.69 Å². The fraction of sp³-hybridized carbons (Fsp3) is 0.500. The normalized spacial score (nSPS) is 18.7. The largest absolute Gasteiger partial charge is 0.444 e. The molecule has 2 aromatic rings. The number of hydrogen-bond acceptors (Lipinski definition) is 6. The van der Waals surface area contributed by atoms with Gasteiger partial charge in [0, 0.05) is 11.3 Å². The molecule has 1 heterocycles. The molecule has 2 aromatic carbocycles. The first kappa shape index (κ1) is 32.6. The van der Waals surface area contributed by atoms with Crippen LogP contribution in [0.4, 0.5) is 36.8 Å². The number of sulfone groups is 1. The molecular formula is C28H30F6N2O6S. The highest BCUT2D eigenvalue weighted by atomic mass is 32.2. The number of alkyl halides is 6. The first-order chi connectivity index (χ1) is 19.5. The summed E-state index contributed by atoms with van der Waals surface area (Å²) in [6.45, 7) is 6.44. The van der Waals surface area contributed by atoms with Gasteiger partial charge in [0.1, 0.15) is 11.6 Å². The minimum Gasteiger partial charge on any atom is -0.444 e. The van der Waals surface area contributed by atoms with Crippen LogP contribution >= 0.6 is 0 Å². The van der Waals surface area contributed by atoms with E-state index in [2.05, 4.69) is 5.32 Å². The predicted molar refractivity (Wildman–Crippen MR) is 141 cm³/mol. The lowest BCUT2D eigenvalue weighted by Crippen LogP contribution is -2.53. The zero-order chi connectivity index (χ0) is 32.4. The summed E-state index contributed by atoms with van der Waals surface area (Å²) in [6, 6.07) is 4.97. The number of anilines is 1. The van der Waals surface area contributed by atoms with Crippen LogP contribution in [0.3, 0.4) is 0 Å². The first-order valence-electron chi connectivity index (χ1n) is 13.1. The monoisotopic (exact) mass is 636 g/mol. The SMILES string of the molecule is CC1(CS(=O)(=O)c2ccc3c(c2)CN(C(=O)OC(C)(C)C)C3C(=O)Nc2ccc(C(O)(C(F)(F)F)C(F)(F)F)cc2)CC1. The average Bonchev–Trinajstić information content (AvgIpc) is 3.42. The molecule has 15 heteroatoms. The molecule has 0 bridgehead atoms. The van der Waals surface area contributed by atoms with Crippen LogP contribution in [-0.2, 0) is 31.5 Å². The van der Waals surface area contributed by atoms with E-state index in [1.807, 2.05) is 6.92 Å². The van der Waals surface area contributed by atoms with E-state index in [4.69, 9.17) is 4.74 Å². The van der Waals surface area contributed by atoms with Gasteiger partial charge in [-0.05, 0) is 74.4 Å². The van der Waals surface area contributed by atoms with Crippen molar-refractivity contribution in [3.63, 3.8) is 0 Å². The molecule has 1 atom stereocenters. The third-order valence-electron chi connectivity index (χ3n) is 7.33. The standard InChI is InChI=1S/C28H30F6N2O6S/c1-24(2,3)42-23(38)36-14-16-13-19(43(40,41)15-25(4)11-12-25)9-10-20(16)21(36)22(37)35-18-7-5-17(6-8-18)26(39,27(29,30)31)28(32,33)34/h5-10,13,21,39H,11-12,14-15H2,1-4H3,(H,35,37). The maximum atomic E-state index is 13.4. The van der Waals surface area contributed by atoms with Crippen molar-refractivity contribution in [3.8, 4) is 0 Å². The van der Waals surface area contributed by atoms with E-state index in [-0.39, 0.29) is 33.9 Å². The molecule has 0 radical (unpaired) electrons. The molecule has 236 valence electrons. The Morgan fingerprint density at radius 2 is 1.56 bits per heavy atom. The fourth-order valence-corrected chi connectivity index (χ4v) is 6.76. The molecule has 2 amide bonds. The quantitative estimate of drug-likeness (QED) is 0.376. The molecule has 1 saturated carbocycles. The maximum Gasteiger partial charge on any atom is 0.430 e. The first-order valence-corrected chi connectivity index (χ1v) is 14.8. The van der Waals surface area contributed by atoms with Gasteiger partial charge in [-0.25, -0.2) is 13.2 Å². The second kappa shape index (κ2) is 10.4. The van der Waals surface area contributed by atoms with Crippen molar-refractivity contribution in [2.45, 2.75) is 81.6 Å². The van der Waals surface area contributed by atoms with Gasteiger partial charge in [-0.15, -0.1) is 0 Å². The lowest BCUT2D eigenvalue weighted by molar-refractivity contribution is -0.376. The number of ether oxygens (including phenoxy) is 1. The van der Waals surface area contributed by atoms with Crippen molar-refractivity contribution in [1.29, 1.82) is 0 Å². The van der Waals surface area contributed by atoms with Crippen LogP contribution in [0.1, 0.15) is 63.3 Å². The van der Waals surface area contributed by atoms with E-state index in [1.54, 1.807) is 20.8 Å². The summed E-state index contributed by atoms with van der Waals surface area (Å²) in [7, 11) is -3.68. The van der Waals surface area contributed by atoms with Gasteiger partial charge in [0.15, 0.2) is 9.84 Å². The Balaban J connectivity index is 1.65. The third-order valence-corrected chi connectivity index (χ3v) is 9.38. The Hall–Kier alpha value is -3.33. The number of hydrogen-bond donors (Lipinski definition) is 2. The van der Waals surface area contributed by atoms with Crippen molar-refractivity contribution in [2.75, 3.05) is 11.1 Å². The summed E-state index contributed by atoms with van der Waals surface area (Å²) >= 11 is 0. The zero-order valence-corrected chi connectivity index (χ0v) is 24.4. The molecule has 1 aliphatic carbocycles. The highest BCUT2D eigenvalue weighted by Crippen LogP contribution is 2.50. The number of rotatable bonds is 6. The minimum atomic E-state index is -6.08. The molecule has 2 N–H and O–H groups in total. The van der Waals surface area contributed by atoms with Crippen molar-refractivity contribution in [2.24, 2.45) is 5.41 Å². The molecule has 1 unspecified atom stereocenters. The van der Waals surface area contributed by atoms with E-state index in [0.717, 1.165) is 29.9 Å². The maximum absolute atomic E-state index is 13.4. The van der Waals surface area contributed by atoms with Gasteiger partial charge in [0.05, 0.1) is 17.2 Å². The molecule has 43 heavy (non-hydrogen) atoms. The minimum absolute atomic E-state index is 0.0157. The van der Waals surface area contributed by atoms with Crippen LogP contribution in [0.15, 0.2) is 47.4 Å². The van der Waals surface area contributed by atoms with E-state index >= 15 is 0 Å². The summed E-state index contributed by atoms with van der Waals surface area (Å²) in [5.74, 6) is -0.952. The van der Waals surface area contributed by atoms with Crippen LogP contribution in [-0.4, -0.2) is 54.1 Å². The van der Waals surface area contributed by atoms with Crippen LogP contribution in [0, 0.1) is 5.41 Å². The van der Waals surface area contributed by atoms with Crippen LogP contribution in [0.25, 0.3) is 0 Å². The Labute approximate surface area is 243 Å². The van der Waals surface area contributed by atoms with Crippen LogP contribution in [0.2, 0.25) is 0 Å². The number of amides is 2. The van der Waals surface area contributed by atoms with Crippen molar-refractivity contribution in [1.82, 2.24) is 4.90 Å². The number of nitrogens with zero attached hydrogens (tertiary/aromatic N) is 1. The summed E-state index contributed by atoms with van der Waals surface area (Å²) in [6.07, 6.45) is -11.5. The van der Waals surface area contributed by atoms with Gasteiger partial charge in [0.2, 0.25) is 0 Å². The molecular weight excluding hydrogens is 606 g/mol. The van der Waals surface area contributed by atoms with E-state index in [1.165, 1.54) is 18.2 Å². The number of halogens is 6. The molecule has 2 aliphatic rings. The van der Waals surface area contributed by atoms with Crippen LogP contribution in [0.5, 0.6) is 0 Å². The van der Waals surface area contributed by atoms with Gasteiger partial charge >= 0.3 is 18.4 Å². The third kappa shape index (κ3) is 6.47. The van der Waals surface area contributed by atoms with E-state index < -0.39 is 57.0 Å². The summed E-state index contributed by atoms with van der Waals surface area (Å²) in [5, 5.41) is 12.0. The van der Waals surface area contributed by atoms with Crippen molar-refractivity contribution >= 4 is 27.5 Å². The highest BCUT2D eigenvalue weighted by molar-refractivity contribution is 7.91. The second-order valence-electron chi connectivity index (χ2n) is 12.2. The molecule has 8 nitrogen and oxygen atoms in total. The summed E-state index contributed by atoms with van der Waals surface area (Å²) in [4.78, 5) is 27.6. The molecule has 1 aliphatic heterocycles. The second-order valence-corrected chi connectivity index (χ2v) is 14.2. The summed E-state index contributed by atoms with van der Waals surface area (Å²) < 4.78 is 111.